The molecule has 0 aliphatic heterocycles. The Kier molecular flexibility index (Phi) is 4.56. The van der Waals surface area contributed by atoms with Crippen molar-refractivity contribution in [2.24, 2.45) is 0 Å². The Morgan fingerprint density at radius 1 is 1.37 bits per heavy atom. The molecule has 4 heteroatoms. The van der Waals surface area contributed by atoms with E-state index in [2.05, 4.69) is 12.2 Å². The van der Waals surface area contributed by atoms with Crippen molar-refractivity contribution in [2.45, 2.75) is 50.8 Å². The number of benzene rings is 1. The molecule has 1 fully saturated rings. The van der Waals surface area contributed by atoms with E-state index >= 15 is 0 Å². The number of aliphatic hydroxyl groups excluding tert-OH is 1. The van der Waals surface area contributed by atoms with Gasteiger partial charge in [-0.2, -0.15) is 0 Å². The van der Waals surface area contributed by atoms with Crippen LogP contribution in [0.1, 0.15) is 43.4 Å². The average Bonchev–Trinajstić information content (AvgIpc) is 3.21. The molecule has 2 atom stereocenters. The van der Waals surface area contributed by atoms with Crippen LogP contribution in [0.3, 0.4) is 0 Å². The van der Waals surface area contributed by atoms with Crippen LogP contribution in [-0.2, 0) is 11.2 Å². The summed E-state index contributed by atoms with van der Waals surface area (Å²) in [6, 6.07) is 7.67. The molecule has 1 aromatic carbocycles. The maximum absolute atomic E-state index is 10.9. The van der Waals surface area contributed by atoms with Crippen LogP contribution in [0.2, 0.25) is 0 Å². The number of carbonyl (C=O) groups is 1. The fourth-order valence-corrected chi connectivity index (χ4v) is 2.19. The monoisotopic (exact) mass is 263 g/mol. The summed E-state index contributed by atoms with van der Waals surface area (Å²) in [4.78, 5) is 10.9. The van der Waals surface area contributed by atoms with E-state index in [0.29, 0.717) is 6.04 Å². The lowest BCUT2D eigenvalue weighted by atomic mass is 9.98. The van der Waals surface area contributed by atoms with Crippen molar-refractivity contribution < 1.29 is 15.0 Å². The smallest absolute Gasteiger partial charge is 0.305 e. The van der Waals surface area contributed by atoms with Crippen molar-refractivity contribution >= 4 is 5.97 Å². The van der Waals surface area contributed by atoms with Crippen LogP contribution in [0.4, 0.5) is 0 Å². The second-order valence-corrected chi connectivity index (χ2v) is 5.19. The number of aryl methyl sites for hydroxylation is 1. The minimum absolute atomic E-state index is 0.0623. The molecule has 4 nitrogen and oxygen atoms in total. The Hall–Kier alpha value is -1.39. The van der Waals surface area contributed by atoms with Gasteiger partial charge in [-0.3, -0.25) is 4.79 Å². The highest BCUT2D eigenvalue weighted by Gasteiger charge is 2.30. The molecule has 0 amide bonds. The van der Waals surface area contributed by atoms with Crippen LogP contribution in [0.25, 0.3) is 0 Å². The van der Waals surface area contributed by atoms with Crippen molar-refractivity contribution in [3.05, 3.63) is 35.4 Å². The van der Waals surface area contributed by atoms with E-state index in [9.17, 15) is 9.90 Å². The Bertz CT molecular complexity index is 426. The number of carboxylic acids is 1. The molecule has 0 bridgehead atoms. The van der Waals surface area contributed by atoms with Gasteiger partial charge in [-0.15, -0.1) is 0 Å². The van der Waals surface area contributed by atoms with E-state index in [-0.39, 0.29) is 6.42 Å². The fraction of sp³-hybridized carbons (Fsp3) is 0.533. The predicted octanol–water partition coefficient (Wildman–Crippen LogP) is 1.88. The second kappa shape index (κ2) is 6.17. The standard InChI is InChI=1S/C15H21NO3/c1-2-10-3-5-11(6-4-10)15(19)13(9-14(17)18)16-12-7-8-12/h3-6,12-13,15-16,19H,2,7-9H2,1H3,(H,17,18). The molecule has 1 aromatic rings. The SMILES string of the molecule is CCc1ccc(C(O)C(CC(=O)O)NC2CC2)cc1. The van der Waals surface area contributed by atoms with Crippen molar-refractivity contribution in [1.29, 1.82) is 0 Å². The molecule has 104 valence electrons. The van der Waals surface area contributed by atoms with Crippen LogP contribution in [0.15, 0.2) is 24.3 Å². The van der Waals surface area contributed by atoms with Gasteiger partial charge in [0.25, 0.3) is 0 Å². The van der Waals surface area contributed by atoms with Crippen molar-refractivity contribution in [3.8, 4) is 0 Å². The van der Waals surface area contributed by atoms with Gasteiger partial charge in [0.05, 0.1) is 12.5 Å². The van der Waals surface area contributed by atoms with Crippen molar-refractivity contribution in [2.75, 3.05) is 0 Å². The van der Waals surface area contributed by atoms with Gasteiger partial charge in [-0.1, -0.05) is 31.2 Å². The topological polar surface area (TPSA) is 69.6 Å². The van der Waals surface area contributed by atoms with E-state index in [1.165, 1.54) is 5.56 Å². The summed E-state index contributed by atoms with van der Waals surface area (Å²) in [6.45, 7) is 2.08. The summed E-state index contributed by atoms with van der Waals surface area (Å²) in [5, 5.41) is 22.5. The summed E-state index contributed by atoms with van der Waals surface area (Å²) < 4.78 is 0. The van der Waals surface area contributed by atoms with Gasteiger partial charge in [0.2, 0.25) is 0 Å². The average molecular weight is 263 g/mol. The molecule has 1 saturated carbocycles. The minimum atomic E-state index is -0.887. The van der Waals surface area contributed by atoms with Crippen LogP contribution in [-0.4, -0.2) is 28.3 Å². The minimum Gasteiger partial charge on any atom is -0.481 e. The quantitative estimate of drug-likeness (QED) is 0.702. The van der Waals surface area contributed by atoms with Gasteiger partial charge in [-0.25, -0.2) is 0 Å². The number of aliphatic carboxylic acids is 1. The molecule has 3 N–H and O–H groups in total. The molecule has 0 spiro atoms. The molecule has 1 aliphatic rings. The van der Waals surface area contributed by atoms with Crippen molar-refractivity contribution in [3.63, 3.8) is 0 Å². The Morgan fingerprint density at radius 3 is 2.47 bits per heavy atom. The number of hydrogen-bond donors (Lipinski definition) is 3. The van der Waals surface area contributed by atoms with E-state index in [1.807, 2.05) is 24.3 Å². The number of carboxylic acid groups (broad SMARTS) is 1. The molecule has 0 saturated heterocycles. The first-order valence-electron chi connectivity index (χ1n) is 6.85. The van der Waals surface area contributed by atoms with Gasteiger partial charge in [0.1, 0.15) is 0 Å². The summed E-state index contributed by atoms with van der Waals surface area (Å²) in [5.74, 6) is -0.887. The lowest BCUT2D eigenvalue weighted by Gasteiger charge is -2.23. The summed E-state index contributed by atoms with van der Waals surface area (Å²) in [5.41, 5.74) is 1.98. The van der Waals surface area contributed by atoms with E-state index in [4.69, 9.17) is 5.11 Å². The van der Waals surface area contributed by atoms with Crippen LogP contribution in [0, 0.1) is 0 Å². The van der Waals surface area contributed by atoms with E-state index in [1.54, 1.807) is 0 Å². The molecular formula is C15H21NO3. The fourth-order valence-electron chi connectivity index (χ4n) is 2.19. The number of hydrogen-bond acceptors (Lipinski definition) is 3. The normalized spacial score (nSPS) is 18.0. The first-order chi connectivity index (χ1) is 9.10. The van der Waals surface area contributed by atoms with Gasteiger partial charge in [0, 0.05) is 12.1 Å². The summed E-state index contributed by atoms with van der Waals surface area (Å²) in [6.07, 6.45) is 2.25. The zero-order chi connectivity index (χ0) is 13.8. The molecule has 19 heavy (non-hydrogen) atoms. The number of nitrogens with one attached hydrogen (secondary N) is 1. The largest absolute Gasteiger partial charge is 0.481 e. The molecule has 0 aromatic heterocycles. The first kappa shape index (κ1) is 14.0. The van der Waals surface area contributed by atoms with E-state index < -0.39 is 18.1 Å². The Morgan fingerprint density at radius 2 is 2.00 bits per heavy atom. The highest BCUT2D eigenvalue weighted by Crippen LogP contribution is 2.25. The lowest BCUT2D eigenvalue weighted by Crippen LogP contribution is -2.38. The van der Waals surface area contributed by atoms with Crippen LogP contribution < -0.4 is 5.32 Å². The molecular weight excluding hydrogens is 242 g/mol. The highest BCUT2D eigenvalue weighted by molar-refractivity contribution is 5.67. The lowest BCUT2D eigenvalue weighted by molar-refractivity contribution is -0.138. The predicted molar refractivity (Wildman–Crippen MR) is 73.0 cm³/mol. The Labute approximate surface area is 113 Å². The zero-order valence-electron chi connectivity index (χ0n) is 11.2. The van der Waals surface area contributed by atoms with Crippen LogP contribution >= 0.6 is 0 Å². The maximum atomic E-state index is 10.9. The molecule has 0 heterocycles. The molecule has 2 unspecified atom stereocenters. The van der Waals surface area contributed by atoms with Gasteiger partial charge < -0.3 is 15.5 Å². The summed E-state index contributed by atoms with van der Waals surface area (Å²) >= 11 is 0. The van der Waals surface area contributed by atoms with E-state index in [0.717, 1.165) is 24.8 Å². The maximum Gasteiger partial charge on any atom is 0.305 e. The molecule has 1 aliphatic carbocycles. The molecule has 2 rings (SSSR count). The third-order valence-corrected chi connectivity index (χ3v) is 3.53. The zero-order valence-corrected chi connectivity index (χ0v) is 11.2. The van der Waals surface area contributed by atoms with Crippen molar-refractivity contribution in [1.82, 2.24) is 5.32 Å². The molecule has 0 radical (unpaired) electrons. The van der Waals surface area contributed by atoms with Gasteiger partial charge >= 0.3 is 5.97 Å². The third kappa shape index (κ3) is 4.04. The Balaban J connectivity index is 2.06. The number of rotatable bonds is 7. The first-order valence-corrected chi connectivity index (χ1v) is 6.85. The third-order valence-electron chi connectivity index (χ3n) is 3.53. The van der Waals surface area contributed by atoms with Gasteiger partial charge in [-0.05, 0) is 30.4 Å². The summed E-state index contributed by atoms with van der Waals surface area (Å²) in [7, 11) is 0. The second-order valence-electron chi connectivity index (χ2n) is 5.19. The highest BCUT2D eigenvalue weighted by atomic mass is 16.4. The van der Waals surface area contributed by atoms with Crippen LogP contribution in [0.5, 0.6) is 0 Å². The number of aliphatic hydroxyl groups is 1. The van der Waals surface area contributed by atoms with Gasteiger partial charge in [0.15, 0.2) is 0 Å².